The smallest absolute Gasteiger partial charge is 0.252 e. The fourth-order valence-electron chi connectivity index (χ4n) is 6.62. The van der Waals surface area contributed by atoms with Gasteiger partial charge in [-0.2, -0.15) is 0 Å². The minimum Gasteiger partial charge on any atom is -0.385 e. The summed E-state index contributed by atoms with van der Waals surface area (Å²) >= 11 is 0. The van der Waals surface area contributed by atoms with Crippen molar-refractivity contribution in [2.75, 3.05) is 0 Å². The van der Waals surface area contributed by atoms with E-state index >= 15 is 0 Å². The maximum Gasteiger partial charge on any atom is 0.252 e. The Morgan fingerprint density at radius 2 is 1.69 bits per heavy atom. The van der Waals surface area contributed by atoms with Crippen LogP contribution in [0.2, 0.25) is 0 Å². The molecule has 5 heterocycles. The van der Waals surface area contributed by atoms with Crippen molar-refractivity contribution >= 4 is 49.5 Å². The molecule has 1 saturated heterocycles. The molecule has 0 saturated carbocycles. The molecule has 6 nitrogen and oxygen atoms in total. The fourth-order valence-corrected chi connectivity index (χ4v) is 6.62. The van der Waals surface area contributed by atoms with Crippen LogP contribution in [0.25, 0.3) is 43.6 Å². The Bertz CT molecular complexity index is 1710. The molecule has 2 aromatic heterocycles. The predicted molar refractivity (Wildman–Crippen MR) is 123 cm³/mol. The molecule has 8 rings (SSSR count). The molecule has 2 bridgehead atoms. The number of amides is 1. The quantitative estimate of drug-likeness (QED) is 0.385. The highest BCUT2D eigenvalue weighted by atomic mass is 16.6. The Labute approximate surface area is 183 Å². The van der Waals surface area contributed by atoms with Crippen molar-refractivity contribution in [2.45, 2.75) is 44.4 Å². The number of rotatable bonds is 0. The predicted octanol–water partition coefficient (Wildman–Crippen LogP) is 4.50. The van der Waals surface area contributed by atoms with Crippen molar-refractivity contribution in [3.05, 3.63) is 59.7 Å². The molecule has 2 N–H and O–H groups in total. The van der Waals surface area contributed by atoms with Crippen LogP contribution in [0.15, 0.2) is 48.5 Å². The Kier molecular flexibility index (Phi) is 2.69. The van der Waals surface area contributed by atoms with Crippen LogP contribution in [0.5, 0.6) is 0 Å². The van der Waals surface area contributed by atoms with Crippen LogP contribution < -0.4 is 5.32 Å². The lowest BCUT2D eigenvalue weighted by atomic mass is 9.91. The van der Waals surface area contributed by atoms with E-state index in [9.17, 15) is 9.90 Å². The van der Waals surface area contributed by atoms with Crippen molar-refractivity contribution in [1.82, 2.24) is 14.5 Å². The molecular formula is C26H21N3O3. The van der Waals surface area contributed by atoms with E-state index < -0.39 is 11.3 Å². The topological polar surface area (TPSA) is 68.4 Å². The zero-order valence-electron chi connectivity index (χ0n) is 17.8. The SMILES string of the molecule is C[C@]1(O)CC2O[C@@]1(C)n1c3ccccc3c3c4c(c5c6ccccc6n2c5c31)C(=O)NC4. The lowest BCUT2D eigenvalue weighted by Crippen LogP contribution is -2.48. The lowest BCUT2D eigenvalue weighted by molar-refractivity contribution is -0.170. The second-order valence-electron chi connectivity index (χ2n) is 9.76. The Morgan fingerprint density at radius 1 is 1.00 bits per heavy atom. The first-order chi connectivity index (χ1) is 15.4. The molecule has 0 radical (unpaired) electrons. The average Bonchev–Trinajstić information content (AvgIpc) is 3.45. The van der Waals surface area contributed by atoms with Gasteiger partial charge in [0.2, 0.25) is 0 Å². The molecule has 1 amide bonds. The molecule has 32 heavy (non-hydrogen) atoms. The monoisotopic (exact) mass is 423 g/mol. The first kappa shape index (κ1) is 17.2. The highest BCUT2D eigenvalue weighted by molar-refractivity contribution is 6.31. The van der Waals surface area contributed by atoms with Gasteiger partial charge in [0, 0.05) is 34.5 Å². The molecule has 1 unspecified atom stereocenters. The molecule has 3 aliphatic heterocycles. The van der Waals surface area contributed by atoms with Gasteiger partial charge in [0.15, 0.2) is 5.72 Å². The van der Waals surface area contributed by atoms with Gasteiger partial charge in [-0.05, 0) is 31.5 Å². The molecule has 0 spiro atoms. The number of hydrogen-bond donors (Lipinski definition) is 2. The minimum atomic E-state index is -1.07. The third-order valence-corrected chi connectivity index (χ3v) is 8.17. The summed E-state index contributed by atoms with van der Waals surface area (Å²) in [5.41, 5.74) is 3.90. The van der Waals surface area contributed by atoms with Crippen LogP contribution in [0.4, 0.5) is 0 Å². The summed E-state index contributed by atoms with van der Waals surface area (Å²) in [6.07, 6.45) is 0.135. The van der Waals surface area contributed by atoms with E-state index in [2.05, 4.69) is 38.7 Å². The maximum absolute atomic E-state index is 13.2. The standard InChI is InChI=1S/C26H21N3O3/c1-25(31)11-18-28-16-9-5-3-7-13(16)20-21-15(12-27-24(21)30)19-14-8-4-6-10-17(14)29(23(19)22(20)28)26(25,2)32-18/h3-10,18,31H,11-12H2,1-2H3,(H,27,30)/t18?,25-,26+/m0/s1. The summed E-state index contributed by atoms with van der Waals surface area (Å²) in [5, 5.41) is 19.0. The van der Waals surface area contributed by atoms with E-state index in [1.807, 2.05) is 38.1 Å². The third-order valence-electron chi connectivity index (χ3n) is 8.17. The Morgan fingerprint density at radius 3 is 2.47 bits per heavy atom. The molecule has 6 heteroatoms. The second-order valence-corrected chi connectivity index (χ2v) is 9.76. The number of ether oxygens (including phenoxy) is 1. The molecule has 3 aliphatic rings. The molecular weight excluding hydrogens is 402 g/mol. The zero-order chi connectivity index (χ0) is 21.6. The highest BCUT2D eigenvalue weighted by Crippen LogP contribution is 2.57. The average molecular weight is 423 g/mol. The van der Waals surface area contributed by atoms with E-state index in [0.717, 1.165) is 54.7 Å². The number of nitrogens with zero attached hydrogens (tertiary/aromatic N) is 2. The second kappa shape index (κ2) is 5.00. The number of aliphatic hydroxyl groups is 1. The van der Waals surface area contributed by atoms with Crippen LogP contribution in [-0.4, -0.2) is 25.7 Å². The molecule has 1 fully saturated rings. The van der Waals surface area contributed by atoms with Gasteiger partial charge in [-0.25, -0.2) is 0 Å². The van der Waals surface area contributed by atoms with E-state index in [4.69, 9.17) is 4.74 Å². The largest absolute Gasteiger partial charge is 0.385 e. The normalized spacial score (nSPS) is 28.3. The summed E-state index contributed by atoms with van der Waals surface area (Å²) in [4.78, 5) is 13.2. The molecule has 5 aromatic rings. The van der Waals surface area contributed by atoms with Gasteiger partial charge in [-0.15, -0.1) is 0 Å². The van der Waals surface area contributed by atoms with Crippen LogP contribution in [0.1, 0.15) is 42.4 Å². The number of fused-ring (bicyclic) bond motifs is 13. The third kappa shape index (κ3) is 1.60. The van der Waals surface area contributed by atoms with Crippen molar-refractivity contribution < 1.29 is 14.6 Å². The number of carbonyl (C=O) groups is 1. The van der Waals surface area contributed by atoms with Gasteiger partial charge in [0.05, 0.1) is 27.6 Å². The number of nitrogens with one attached hydrogen (secondary N) is 1. The van der Waals surface area contributed by atoms with Crippen molar-refractivity contribution in [3.8, 4) is 0 Å². The Balaban J connectivity index is 1.80. The number of aromatic nitrogens is 2. The summed E-state index contributed by atoms with van der Waals surface area (Å²) in [7, 11) is 0. The highest BCUT2D eigenvalue weighted by Gasteiger charge is 2.58. The van der Waals surface area contributed by atoms with Gasteiger partial charge in [-0.1, -0.05) is 36.4 Å². The summed E-state index contributed by atoms with van der Waals surface area (Å²) in [5.74, 6) is -0.0184. The maximum atomic E-state index is 13.2. The summed E-state index contributed by atoms with van der Waals surface area (Å²) in [6, 6.07) is 16.5. The Hall–Kier alpha value is -3.35. The summed E-state index contributed by atoms with van der Waals surface area (Å²) < 4.78 is 11.2. The van der Waals surface area contributed by atoms with Crippen LogP contribution in [-0.2, 0) is 17.0 Å². The van der Waals surface area contributed by atoms with E-state index in [1.165, 1.54) is 0 Å². The van der Waals surface area contributed by atoms with E-state index in [-0.39, 0.29) is 12.1 Å². The first-order valence-corrected chi connectivity index (χ1v) is 11.1. The van der Waals surface area contributed by atoms with Crippen molar-refractivity contribution in [1.29, 1.82) is 0 Å². The van der Waals surface area contributed by atoms with Gasteiger partial charge >= 0.3 is 0 Å². The van der Waals surface area contributed by atoms with Gasteiger partial charge in [-0.3, -0.25) is 4.79 Å². The first-order valence-electron chi connectivity index (χ1n) is 11.1. The molecule has 158 valence electrons. The van der Waals surface area contributed by atoms with Gasteiger partial charge in [0.1, 0.15) is 11.8 Å². The lowest BCUT2D eigenvalue weighted by Gasteiger charge is -2.37. The number of hydrogen-bond acceptors (Lipinski definition) is 3. The minimum absolute atomic E-state index is 0.0184. The number of para-hydroxylation sites is 2. The van der Waals surface area contributed by atoms with Crippen LogP contribution in [0, 0.1) is 0 Å². The van der Waals surface area contributed by atoms with Gasteiger partial charge in [0.25, 0.3) is 5.91 Å². The van der Waals surface area contributed by atoms with E-state index in [0.29, 0.717) is 13.0 Å². The summed E-state index contributed by atoms with van der Waals surface area (Å²) in [6.45, 7) is 4.38. The molecule has 3 atom stereocenters. The van der Waals surface area contributed by atoms with Crippen LogP contribution >= 0.6 is 0 Å². The zero-order valence-corrected chi connectivity index (χ0v) is 17.8. The number of carbonyl (C=O) groups excluding carboxylic acids is 1. The van der Waals surface area contributed by atoms with Crippen molar-refractivity contribution in [3.63, 3.8) is 0 Å². The van der Waals surface area contributed by atoms with E-state index in [1.54, 1.807) is 0 Å². The van der Waals surface area contributed by atoms with Crippen molar-refractivity contribution in [2.24, 2.45) is 0 Å². The fraction of sp³-hybridized carbons (Fsp3) is 0.269. The molecule has 3 aromatic carbocycles. The number of benzene rings is 3. The van der Waals surface area contributed by atoms with Crippen LogP contribution in [0.3, 0.4) is 0 Å². The van der Waals surface area contributed by atoms with Gasteiger partial charge < -0.3 is 24.3 Å². The molecule has 0 aliphatic carbocycles.